The van der Waals surface area contributed by atoms with E-state index in [1.165, 1.54) is 12.0 Å². The largest absolute Gasteiger partial charge is 0.376 e. The number of nitrogens with one attached hydrogen (secondary N) is 1. The van der Waals surface area contributed by atoms with Crippen LogP contribution in [-0.2, 0) is 16.0 Å². The van der Waals surface area contributed by atoms with Crippen LogP contribution >= 0.6 is 24.0 Å². The third kappa shape index (κ3) is 6.06. The number of halogens is 1. The molecule has 0 aromatic carbocycles. The molecule has 2 aliphatic heterocycles. The van der Waals surface area contributed by atoms with Gasteiger partial charge in [0.15, 0.2) is 5.96 Å². The van der Waals surface area contributed by atoms with Crippen LogP contribution in [0.4, 0.5) is 0 Å². The normalized spacial score (nSPS) is 21.5. The molecule has 0 radical (unpaired) electrons. The summed E-state index contributed by atoms with van der Waals surface area (Å²) in [5.74, 6) is 0.947. The summed E-state index contributed by atoms with van der Waals surface area (Å²) in [5.41, 5.74) is 2.27. The van der Waals surface area contributed by atoms with E-state index >= 15 is 0 Å². The lowest BCUT2D eigenvalue weighted by Crippen LogP contribution is -2.47. The van der Waals surface area contributed by atoms with Crippen molar-refractivity contribution in [3.8, 4) is 0 Å². The minimum absolute atomic E-state index is 0. The molecular formula is C19H31IN4O2. The molecule has 0 spiro atoms. The predicted molar refractivity (Wildman–Crippen MR) is 114 cm³/mol. The first kappa shape index (κ1) is 21.4. The molecule has 1 unspecified atom stereocenters. The fraction of sp³-hybridized carbons (Fsp3) is 0.684. The summed E-state index contributed by atoms with van der Waals surface area (Å²) < 4.78 is 11.7. The second-order valence-electron chi connectivity index (χ2n) is 6.82. The summed E-state index contributed by atoms with van der Waals surface area (Å²) in [5, 5.41) is 3.44. The number of piperidine rings is 1. The maximum Gasteiger partial charge on any atom is 0.193 e. The van der Waals surface area contributed by atoms with E-state index in [1.807, 2.05) is 19.3 Å². The van der Waals surface area contributed by atoms with Crippen LogP contribution in [0.15, 0.2) is 23.3 Å². The Balaban J connectivity index is 0.00000243. The number of hydrogen-bond acceptors (Lipinski definition) is 4. The van der Waals surface area contributed by atoms with Crippen LogP contribution < -0.4 is 5.32 Å². The van der Waals surface area contributed by atoms with Crippen LogP contribution in [0.3, 0.4) is 0 Å². The Labute approximate surface area is 173 Å². The lowest BCUT2D eigenvalue weighted by Gasteiger charge is -2.34. The average molecular weight is 474 g/mol. The number of ether oxygens (including phenoxy) is 2. The maximum atomic E-state index is 6.05. The lowest BCUT2D eigenvalue weighted by atomic mass is 10.1. The van der Waals surface area contributed by atoms with Crippen LogP contribution in [0, 0.1) is 6.92 Å². The molecule has 0 amide bonds. The fourth-order valence-electron chi connectivity index (χ4n) is 3.45. The summed E-state index contributed by atoms with van der Waals surface area (Å²) in [4.78, 5) is 11.2. The molecule has 1 aromatic heterocycles. The first-order valence-electron chi connectivity index (χ1n) is 9.35. The predicted octanol–water partition coefficient (Wildman–Crippen LogP) is 2.74. The van der Waals surface area contributed by atoms with E-state index in [2.05, 4.69) is 33.2 Å². The van der Waals surface area contributed by atoms with Gasteiger partial charge in [-0.1, -0.05) is 6.07 Å². The molecule has 2 fully saturated rings. The monoisotopic (exact) mass is 474 g/mol. The van der Waals surface area contributed by atoms with Gasteiger partial charge in [0.1, 0.15) is 0 Å². The average Bonchev–Trinajstić information content (AvgIpc) is 3.16. The van der Waals surface area contributed by atoms with Crippen molar-refractivity contribution in [1.29, 1.82) is 0 Å². The SMILES string of the molecule is CN=C(NCc1ncccc1C)N1CCC(OCC2CCCO2)CC1.I. The van der Waals surface area contributed by atoms with Gasteiger partial charge < -0.3 is 19.7 Å². The number of hydrogen-bond donors (Lipinski definition) is 1. The van der Waals surface area contributed by atoms with Gasteiger partial charge >= 0.3 is 0 Å². The molecule has 0 aliphatic carbocycles. The second kappa shape index (κ2) is 11.0. The number of nitrogens with zero attached hydrogens (tertiary/aromatic N) is 3. The number of aryl methyl sites for hydroxylation is 1. The quantitative estimate of drug-likeness (QED) is 0.404. The van der Waals surface area contributed by atoms with Crippen molar-refractivity contribution in [3.63, 3.8) is 0 Å². The number of guanidine groups is 1. The number of pyridine rings is 1. The number of likely N-dealkylation sites (tertiary alicyclic amines) is 1. The van der Waals surface area contributed by atoms with Gasteiger partial charge in [-0.25, -0.2) is 0 Å². The Morgan fingerprint density at radius 1 is 1.38 bits per heavy atom. The summed E-state index contributed by atoms with van der Waals surface area (Å²) in [6.07, 6.45) is 6.88. The highest BCUT2D eigenvalue weighted by Gasteiger charge is 2.24. The van der Waals surface area contributed by atoms with Crippen LogP contribution in [0.1, 0.15) is 36.9 Å². The molecule has 3 heterocycles. The molecular weight excluding hydrogens is 443 g/mol. The lowest BCUT2D eigenvalue weighted by molar-refractivity contribution is -0.0367. The Morgan fingerprint density at radius 3 is 2.85 bits per heavy atom. The molecule has 26 heavy (non-hydrogen) atoms. The number of rotatable bonds is 5. The molecule has 0 saturated carbocycles. The van der Waals surface area contributed by atoms with E-state index in [0.717, 1.165) is 57.2 Å². The van der Waals surface area contributed by atoms with Crippen molar-refractivity contribution in [2.75, 3.05) is 33.4 Å². The molecule has 2 aliphatic rings. The van der Waals surface area contributed by atoms with E-state index in [4.69, 9.17) is 9.47 Å². The second-order valence-corrected chi connectivity index (χ2v) is 6.82. The first-order chi connectivity index (χ1) is 12.3. The van der Waals surface area contributed by atoms with Gasteiger partial charge in [0.25, 0.3) is 0 Å². The molecule has 1 atom stereocenters. The highest BCUT2D eigenvalue weighted by molar-refractivity contribution is 14.0. The Morgan fingerprint density at radius 2 is 2.19 bits per heavy atom. The standard InChI is InChI=1S/C19H30N4O2.HI/c1-15-5-3-9-21-18(15)13-22-19(20-2)23-10-7-16(8-11-23)25-14-17-6-4-12-24-17;/h3,5,9,16-17H,4,6-8,10-14H2,1-2H3,(H,20,22);1H. The van der Waals surface area contributed by atoms with Crippen LogP contribution in [-0.4, -0.2) is 61.4 Å². The molecule has 1 N–H and O–H groups in total. The Bertz CT molecular complexity index is 570. The highest BCUT2D eigenvalue weighted by Crippen LogP contribution is 2.18. The van der Waals surface area contributed by atoms with Crippen molar-refractivity contribution in [1.82, 2.24) is 15.2 Å². The molecule has 7 heteroatoms. The summed E-state index contributed by atoms with van der Waals surface area (Å²) in [7, 11) is 1.84. The molecule has 2 saturated heterocycles. The molecule has 3 rings (SSSR count). The zero-order chi connectivity index (χ0) is 17.5. The van der Waals surface area contributed by atoms with Crippen molar-refractivity contribution in [2.24, 2.45) is 4.99 Å². The Hall–Kier alpha value is -0.930. The zero-order valence-electron chi connectivity index (χ0n) is 15.8. The van der Waals surface area contributed by atoms with Crippen LogP contribution in [0.5, 0.6) is 0 Å². The number of aromatic nitrogens is 1. The molecule has 0 bridgehead atoms. The highest BCUT2D eigenvalue weighted by atomic mass is 127. The third-order valence-electron chi connectivity index (χ3n) is 5.03. The molecule has 146 valence electrons. The topological polar surface area (TPSA) is 59.0 Å². The fourth-order valence-corrected chi connectivity index (χ4v) is 3.45. The van der Waals surface area contributed by atoms with E-state index in [-0.39, 0.29) is 24.0 Å². The summed E-state index contributed by atoms with van der Waals surface area (Å²) in [6.45, 7) is 6.37. The Kier molecular flexibility index (Phi) is 9.07. The van der Waals surface area contributed by atoms with E-state index in [9.17, 15) is 0 Å². The van der Waals surface area contributed by atoms with Crippen LogP contribution in [0.25, 0.3) is 0 Å². The van der Waals surface area contributed by atoms with Gasteiger partial charge in [0.05, 0.1) is 31.1 Å². The molecule has 6 nitrogen and oxygen atoms in total. The van der Waals surface area contributed by atoms with Gasteiger partial charge in [0.2, 0.25) is 0 Å². The van der Waals surface area contributed by atoms with Crippen molar-refractivity contribution >= 4 is 29.9 Å². The zero-order valence-corrected chi connectivity index (χ0v) is 18.1. The minimum atomic E-state index is 0. The van der Waals surface area contributed by atoms with Gasteiger partial charge in [-0.15, -0.1) is 24.0 Å². The van der Waals surface area contributed by atoms with Crippen molar-refractivity contribution in [3.05, 3.63) is 29.6 Å². The minimum Gasteiger partial charge on any atom is -0.376 e. The number of aliphatic imine (C=N–C) groups is 1. The first-order valence-corrected chi connectivity index (χ1v) is 9.35. The van der Waals surface area contributed by atoms with E-state index in [1.54, 1.807) is 0 Å². The molecule has 1 aromatic rings. The van der Waals surface area contributed by atoms with Crippen LogP contribution in [0.2, 0.25) is 0 Å². The van der Waals surface area contributed by atoms with Gasteiger partial charge in [-0.3, -0.25) is 9.98 Å². The van der Waals surface area contributed by atoms with Crippen molar-refractivity contribution < 1.29 is 9.47 Å². The third-order valence-corrected chi connectivity index (χ3v) is 5.03. The van der Waals surface area contributed by atoms with E-state index in [0.29, 0.717) is 18.8 Å². The summed E-state index contributed by atoms with van der Waals surface area (Å²) >= 11 is 0. The van der Waals surface area contributed by atoms with Gasteiger partial charge in [-0.2, -0.15) is 0 Å². The van der Waals surface area contributed by atoms with E-state index < -0.39 is 0 Å². The van der Waals surface area contributed by atoms with Gasteiger partial charge in [-0.05, 0) is 44.2 Å². The smallest absolute Gasteiger partial charge is 0.193 e. The summed E-state index contributed by atoms with van der Waals surface area (Å²) in [6, 6.07) is 4.05. The maximum absolute atomic E-state index is 6.05. The van der Waals surface area contributed by atoms with Gasteiger partial charge in [0, 0.05) is 32.9 Å². The van der Waals surface area contributed by atoms with Crippen molar-refractivity contribution in [2.45, 2.75) is 51.4 Å².